The number of benzene rings is 2. The quantitative estimate of drug-likeness (QED) is 0.882. The van der Waals surface area contributed by atoms with Crippen molar-refractivity contribution in [3.05, 3.63) is 53.1 Å². The standard InChI is InChI=1S/C20H19NO5/c1-11-2-4-13(9-14(11)20(23)24)21-19(22)16-10-15(16)12-3-5-17-18(8-12)26-7-6-25-17/h2-5,8-9,15-16H,6-7,10H2,1H3,(H,21,22)(H,23,24). The largest absolute Gasteiger partial charge is 0.486 e. The van der Waals surface area contributed by atoms with Crippen LogP contribution in [-0.2, 0) is 4.79 Å². The molecule has 2 atom stereocenters. The number of hydrogen-bond acceptors (Lipinski definition) is 4. The number of carboxylic acid groups (broad SMARTS) is 1. The maximum atomic E-state index is 12.5. The summed E-state index contributed by atoms with van der Waals surface area (Å²) in [7, 11) is 0. The van der Waals surface area contributed by atoms with Crippen LogP contribution in [0.2, 0.25) is 0 Å². The van der Waals surface area contributed by atoms with Gasteiger partial charge in [-0.25, -0.2) is 4.79 Å². The maximum Gasteiger partial charge on any atom is 0.336 e. The summed E-state index contributed by atoms with van der Waals surface area (Å²) in [6.07, 6.45) is 0.767. The third kappa shape index (κ3) is 3.10. The van der Waals surface area contributed by atoms with Gasteiger partial charge in [0.15, 0.2) is 11.5 Å². The Kier molecular flexibility index (Phi) is 4.03. The molecular formula is C20H19NO5. The van der Waals surface area contributed by atoms with Gasteiger partial charge in [0.1, 0.15) is 13.2 Å². The van der Waals surface area contributed by atoms with Crippen molar-refractivity contribution in [3.63, 3.8) is 0 Å². The summed E-state index contributed by atoms with van der Waals surface area (Å²) in [6, 6.07) is 10.7. The molecule has 1 amide bonds. The molecule has 6 nitrogen and oxygen atoms in total. The molecule has 0 bridgehead atoms. The van der Waals surface area contributed by atoms with Crippen LogP contribution < -0.4 is 14.8 Å². The highest BCUT2D eigenvalue weighted by molar-refractivity contribution is 5.97. The summed E-state index contributed by atoms with van der Waals surface area (Å²) in [5.41, 5.74) is 2.42. The molecule has 6 heteroatoms. The van der Waals surface area contributed by atoms with E-state index < -0.39 is 5.97 Å². The van der Waals surface area contributed by atoms with Crippen LogP contribution in [0, 0.1) is 12.8 Å². The van der Waals surface area contributed by atoms with Crippen molar-refractivity contribution in [2.75, 3.05) is 18.5 Å². The number of carbonyl (C=O) groups excluding carboxylic acids is 1. The Hall–Kier alpha value is -3.02. The fraction of sp³-hybridized carbons (Fsp3) is 0.300. The molecule has 2 N–H and O–H groups in total. The number of carboxylic acids is 1. The molecule has 1 aliphatic heterocycles. The fourth-order valence-corrected chi connectivity index (χ4v) is 3.31. The predicted molar refractivity (Wildman–Crippen MR) is 95.0 cm³/mol. The number of nitrogens with one attached hydrogen (secondary N) is 1. The second-order valence-corrected chi connectivity index (χ2v) is 6.68. The molecular weight excluding hydrogens is 334 g/mol. The molecule has 0 spiro atoms. The molecule has 0 saturated heterocycles. The molecule has 1 aliphatic carbocycles. The van der Waals surface area contributed by atoms with Gasteiger partial charge in [-0.3, -0.25) is 4.79 Å². The Morgan fingerprint density at radius 1 is 1.08 bits per heavy atom. The highest BCUT2D eigenvalue weighted by Gasteiger charge is 2.44. The van der Waals surface area contributed by atoms with E-state index in [1.807, 2.05) is 18.2 Å². The molecule has 4 rings (SSSR count). The second kappa shape index (κ2) is 6.37. The van der Waals surface area contributed by atoms with Crippen LogP contribution in [0.4, 0.5) is 5.69 Å². The van der Waals surface area contributed by atoms with Crippen LogP contribution in [-0.4, -0.2) is 30.2 Å². The van der Waals surface area contributed by atoms with E-state index >= 15 is 0 Å². The zero-order valence-electron chi connectivity index (χ0n) is 14.3. The van der Waals surface area contributed by atoms with Crippen LogP contribution in [0.3, 0.4) is 0 Å². The number of anilines is 1. The van der Waals surface area contributed by atoms with Crippen LogP contribution >= 0.6 is 0 Å². The summed E-state index contributed by atoms with van der Waals surface area (Å²) in [5, 5.41) is 12.0. The lowest BCUT2D eigenvalue weighted by Crippen LogP contribution is -2.16. The molecule has 26 heavy (non-hydrogen) atoms. The van der Waals surface area contributed by atoms with Gasteiger partial charge in [0, 0.05) is 11.6 Å². The average Bonchev–Trinajstić information content (AvgIpc) is 3.43. The summed E-state index contributed by atoms with van der Waals surface area (Å²) in [6.45, 7) is 2.81. The molecule has 0 aromatic heterocycles. The normalized spacial score (nSPS) is 20.3. The second-order valence-electron chi connectivity index (χ2n) is 6.68. The van der Waals surface area contributed by atoms with Crippen LogP contribution in [0.5, 0.6) is 11.5 Å². The van der Waals surface area contributed by atoms with Crippen molar-refractivity contribution < 1.29 is 24.2 Å². The van der Waals surface area contributed by atoms with Crippen molar-refractivity contribution in [3.8, 4) is 11.5 Å². The molecule has 0 radical (unpaired) electrons. The Balaban J connectivity index is 1.45. The number of hydrogen-bond donors (Lipinski definition) is 2. The van der Waals surface area contributed by atoms with Gasteiger partial charge in [0.05, 0.1) is 5.56 Å². The number of amides is 1. The number of aryl methyl sites for hydroxylation is 1. The molecule has 134 valence electrons. The van der Waals surface area contributed by atoms with Crippen LogP contribution in [0.15, 0.2) is 36.4 Å². The van der Waals surface area contributed by atoms with Crippen molar-refractivity contribution >= 4 is 17.6 Å². The van der Waals surface area contributed by atoms with Gasteiger partial charge >= 0.3 is 5.97 Å². The van der Waals surface area contributed by atoms with E-state index in [1.165, 1.54) is 6.07 Å². The minimum atomic E-state index is -1.00. The molecule has 1 saturated carbocycles. The number of rotatable bonds is 4. The first kappa shape index (κ1) is 16.4. The zero-order valence-corrected chi connectivity index (χ0v) is 14.3. The van der Waals surface area contributed by atoms with Crippen LogP contribution in [0.1, 0.15) is 33.8 Å². The number of aromatic carboxylic acids is 1. The summed E-state index contributed by atoms with van der Waals surface area (Å²) >= 11 is 0. The lowest BCUT2D eigenvalue weighted by atomic mass is 10.1. The first-order chi connectivity index (χ1) is 12.5. The van der Waals surface area contributed by atoms with Crippen molar-refractivity contribution in [1.82, 2.24) is 0 Å². The smallest absolute Gasteiger partial charge is 0.336 e. The Morgan fingerprint density at radius 2 is 1.85 bits per heavy atom. The highest BCUT2D eigenvalue weighted by Crippen LogP contribution is 2.49. The van der Waals surface area contributed by atoms with E-state index in [4.69, 9.17) is 9.47 Å². The van der Waals surface area contributed by atoms with Gasteiger partial charge in [-0.05, 0) is 54.7 Å². The minimum Gasteiger partial charge on any atom is -0.486 e. The van der Waals surface area contributed by atoms with E-state index in [2.05, 4.69) is 5.32 Å². The van der Waals surface area contributed by atoms with E-state index in [9.17, 15) is 14.7 Å². The van der Waals surface area contributed by atoms with Gasteiger partial charge in [-0.2, -0.15) is 0 Å². The number of fused-ring (bicyclic) bond motifs is 1. The highest BCUT2D eigenvalue weighted by atomic mass is 16.6. The lowest BCUT2D eigenvalue weighted by Gasteiger charge is -2.18. The summed E-state index contributed by atoms with van der Waals surface area (Å²) in [4.78, 5) is 23.7. The first-order valence-electron chi connectivity index (χ1n) is 8.57. The third-order valence-electron chi connectivity index (χ3n) is 4.86. The lowest BCUT2D eigenvalue weighted by molar-refractivity contribution is -0.117. The average molecular weight is 353 g/mol. The van der Waals surface area contributed by atoms with E-state index in [0.717, 1.165) is 23.5 Å². The van der Waals surface area contributed by atoms with E-state index in [-0.39, 0.29) is 23.3 Å². The Morgan fingerprint density at radius 3 is 2.62 bits per heavy atom. The monoisotopic (exact) mass is 353 g/mol. The summed E-state index contributed by atoms with van der Waals surface area (Å²) in [5.74, 6) is 0.401. The first-order valence-corrected chi connectivity index (χ1v) is 8.57. The van der Waals surface area contributed by atoms with Crippen molar-refractivity contribution in [2.45, 2.75) is 19.3 Å². The Labute approximate surface area is 150 Å². The summed E-state index contributed by atoms with van der Waals surface area (Å²) < 4.78 is 11.1. The molecule has 2 aliphatic rings. The Bertz CT molecular complexity index is 892. The van der Waals surface area contributed by atoms with Crippen molar-refractivity contribution in [1.29, 1.82) is 0 Å². The van der Waals surface area contributed by atoms with Gasteiger partial charge in [-0.15, -0.1) is 0 Å². The van der Waals surface area contributed by atoms with Crippen molar-refractivity contribution in [2.24, 2.45) is 5.92 Å². The topological polar surface area (TPSA) is 84.9 Å². The van der Waals surface area contributed by atoms with Crippen LogP contribution in [0.25, 0.3) is 0 Å². The van der Waals surface area contributed by atoms with Gasteiger partial charge in [0.25, 0.3) is 0 Å². The molecule has 2 aromatic carbocycles. The van der Waals surface area contributed by atoms with Gasteiger partial charge in [-0.1, -0.05) is 12.1 Å². The minimum absolute atomic E-state index is 0.0925. The number of ether oxygens (including phenoxy) is 2. The maximum absolute atomic E-state index is 12.5. The molecule has 1 heterocycles. The fourth-order valence-electron chi connectivity index (χ4n) is 3.31. The van der Waals surface area contributed by atoms with Gasteiger partial charge in [0.2, 0.25) is 5.91 Å². The number of carbonyl (C=O) groups is 2. The molecule has 2 aromatic rings. The third-order valence-corrected chi connectivity index (χ3v) is 4.86. The van der Waals surface area contributed by atoms with Gasteiger partial charge < -0.3 is 19.9 Å². The van der Waals surface area contributed by atoms with E-state index in [1.54, 1.807) is 19.1 Å². The molecule has 1 fully saturated rings. The SMILES string of the molecule is Cc1ccc(NC(=O)C2CC2c2ccc3c(c2)OCCO3)cc1C(=O)O. The molecule has 2 unspecified atom stereocenters. The predicted octanol–water partition coefficient (Wildman–Crippen LogP) is 3.21. The van der Waals surface area contributed by atoms with E-state index in [0.29, 0.717) is 24.5 Å². The zero-order chi connectivity index (χ0) is 18.3.